The van der Waals surface area contributed by atoms with Crippen molar-refractivity contribution >= 4 is 34.7 Å². The summed E-state index contributed by atoms with van der Waals surface area (Å²) in [6, 6.07) is 5.71. The minimum absolute atomic E-state index is 0.396. The SMILES string of the molecule is CC(C)(C)OC(=O)NCc1cccc(Br)c1S. The standard InChI is InChI=1S/C12H16BrNO2S/c1-12(2,3)16-11(15)14-7-8-5-4-6-9(13)10(8)17/h4-6,17H,7H2,1-3H3,(H,14,15). The highest BCUT2D eigenvalue weighted by Crippen LogP contribution is 2.24. The largest absolute Gasteiger partial charge is 0.444 e. The van der Waals surface area contributed by atoms with Gasteiger partial charge in [-0.2, -0.15) is 0 Å². The molecule has 17 heavy (non-hydrogen) atoms. The van der Waals surface area contributed by atoms with Crippen LogP contribution in [0.1, 0.15) is 26.3 Å². The Bertz CT molecular complexity index is 415. The zero-order valence-corrected chi connectivity index (χ0v) is 12.6. The van der Waals surface area contributed by atoms with E-state index in [1.807, 2.05) is 39.0 Å². The van der Waals surface area contributed by atoms with E-state index in [1.54, 1.807) is 0 Å². The summed E-state index contributed by atoms with van der Waals surface area (Å²) in [7, 11) is 0. The summed E-state index contributed by atoms with van der Waals surface area (Å²) in [4.78, 5) is 12.3. The lowest BCUT2D eigenvalue weighted by Crippen LogP contribution is -2.32. The first kappa shape index (κ1) is 14.4. The van der Waals surface area contributed by atoms with Crippen LogP contribution in [0.2, 0.25) is 0 Å². The number of halogens is 1. The second-order valence-corrected chi connectivity index (χ2v) is 5.90. The highest BCUT2D eigenvalue weighted by atomic mass is 79.9. The van der Waals surface area contributed by atoms with Crippen LogP contribution < -0.4 is 5.32 Å². The smallest absolute Gasteiger partial charge is 0.407 e. The fourth-order valence-electron chi connectivity index (χ4n) is 1.18. The number of thiol groups is 1. The maximum absolute atomic E-state index is 11.5. The average molecular weight is 318 g/mol. The molecule has 1 rings (SSSR count). The van der Waals surface area contributed by atoms with Gasteiger partial charge in [0.05, 0.1) is 0 Å². The fourth-order valence-corrected chi connectivity index (χ4v) is 1.82. The van der Waals surface area contributed by atoms with E-state index in [1.165, 1.54) is 0 Å². The first-order valence-corrected chi connectivity index (χ1v) is 6.47. The Morgan fingerprint density at radius 1 is 1.47 bits per heavy atom. The molecule has 0 aliphatic heterocycles. The normalized spacial score (nSPS) is 11.1. The van der Waals surface area contributed by atoms with Crippen LogP contribution in [0, 0.1) is 0 Å². The lowest BCUT2D eigenvalue weighted by atomic mass is 10.2. The summed E-state index contributed by atoms with van der Waals surface area (Å²) >= 11 is 7.74. The summed E-state index contributed by atoms with van der Waals surface area (Å²) < 4.78 is 6.05. The third kappa shape index (κ3) is 5.00. The molecule has 0 saturated heterocycles. The molecule has 1 aromatic rings. The summed E-state index contributed by atoms with van der Waals surface area (Å²) in [5.74, 6) is 0. The maximum atomic E-state index is 11.5. The molecule has 5 heteroatoms. The van der Waals surface area contributed by atoms with Gasteiger partial charge in [0.2, 0.25) is 0 Å². The zero-order valence-electron chi connectivity index (χ0n) is 10.1. The third-order valence-electron chi connectivity index (χ3n) is 1.89. The fraction of sp³-hybridized carbons (Fsp3) is 0.417. The van der Waals surface area contributed by atoms with Crippen LogP contribution in [-0.4, -0.2) is 11.7 Å². The molecule has 0 unspecified atom stereocenters. The molecule has 0 aromatic heterocycles. The number of benzene rings is 1. The molecule has 0 saturated carbocycles. The van der Waals surface area contributed by atoms with E-state index in [-0.39, 0.29) is 0 Å². The quantitative estimate of drug-likeness (QED) is 0.815. The highest BCUT2D eigenvalue weighted by molar-refractivity contribution is 9.10. The van der Waals surface area contributed by atoms with Gasteiger partial charge in [0.15, 0.2) is 0 Å². The lowest BCUT2D eigenvalue weighted by Gasteiger charge is -2.19. The van der Waals surface area contributed by atoms with E-state index in [0.29, 0.717) is 6.54 Å². The van der Waals surface area contributed by atoms with Gasteiger partial charge in [-0.1, -0.05) is 12.1 Å². The van der Waals surface area contributed by atoms with Crippen molar-refractivity contribution in [3.8, 4) is 0 Å². The molecule has 1 N–H and O–H groups in total. The number of carbonyl (C=O) groups excluding carboxylic acids is 1. The van der Waals surface area contributed by atoms with Gasteiger partial charge < -0.3 is 10.1 Å². The van der Waals surface area contributed by atoms with Gasteiger partial charge in [-0.3, -0.25) is 0 Å². The Morgan fingerprint density at radius 3 is 2.71 bits per heavy atom. The average Bonchev–Trinajstić information content (AvgIpc) is 2.18. The van der Waals surface area contributed by atoms with Gasteiger partial charge in [0.25, 0.3) is 0 Å². The van der Waals surface area contributed by atoms with Crippen molar-refractivity contribution < 1.29 is 9.53 Å². The molecule has 0 radical (unpaired) electrons. The van der Waals surface area contributed by atoms with Gasteiger partial charge in [-0.15, -0.1) is 12.6 Å². The van der Waals surface area contributed by atoms with Gasteiger partial charge in [-0.05, 0) is 48.3 Å². The van der Waals surface area contributed by atoms with Gasteiger partial charge in [0.1, 0.15) is 5.60 Å². The summed E-state index contributed by atoms with van der Waals surface area (Å²) in [6.07, 6.45) is -0.426. The van der Waals surface area contributed by atoms with Gasteiger partial charge in [-0.25, -0.2) is 4.79 Å². The Morgan fingerprint density at radius 2 is 2.12 bits per heavy atom. The van der Waals surface area contributed by atoms with Crippen molar-refractivity contribution in [2.45, 2.75) is 37.8 Å². The Hall–Kier alpha value is -0.680. The summed E-state index contributed by atoms with van der Waals surface area (Å²) in [5.41, 5.74) is 0.457. The van der Waals surface area contributed by atoms with Crippen LogP contribution in [0.5, 0.6) is 0 Å². The van der Waals surface area contributed by atoms with E-state index in [9.17, 15) is 4.79 Å². The topological polar surface area (TPSA) is 38.3 Å². The minimum atomic E-state index is -0.481. The summed E-state index contributed by atoms with van der Waals surface area (Å²) in [5, 5.41) is 2.69. The molecule has 0 bridgehead atoms. The first-order chi connectivity index (χ1) is 7.79. The highest BCUT2D eigenvalue weighted by Gasteiger charge is 2.16. The Kier molecular flexibility index (Phi) is 4.89. The number of hydrogen-bond acceptors (Lipinski definition) is 3. The molecular weight excluding hydrogens is 302 g/mol. The van der Waals surface area contributed by atoms with Crippen molar-refractivity contribution in [2.24, 2.45) is 0 Å². The van der Waals surface area contributed by atoms with E-state index < -0.39 is 11.7 Å². The van der Waals surface area contributed by atoms with Crippen molar-refractivity contribution in [2.75, 3.05) is 0 Å². The number of carbonyl (C=O) groups is 1. The molecule has 0 aliphatic rings. The molecule has 1 aromatic carbocycles. The lowest BCUT2D eigenvalue weighted by molar-refractivity contribution is 0.0523. The van der Waals surface area contributed by atoms with Crippen LogP contribution in [0.4, 0.5) is 4.79 Å². The molecule has 0 spiro atoms. The number of alkyl carbamates (subject to hydrolysis) is 1. The molecule has 94 valence electrons. The molecule has 0 aliphatic carbocycles. The second kappa shape index (κ2) is 5.78. The maximum Gasteiger partial charge on any atom is 0.407 e. The molecular formula is C12H16BrNO2S. The number of hydrogen-bond donors (Lipinski definition) is 2. The van der Waals surface area contributed by atoms with Crippen molar-refractivity contribution in [3.63, 3.8) is 0 Å². The Balaban J connectivity index is 2.56. The van der Waals surface area contributed by atoms with E-state index >= 15 is 0 Å². The van der Waals surface area contributed by atoms with Crippen LogP contribution in [0.3, 0.4) is 0 Å². The molecule has 0 fully saturated rings. The van der Waals surface area contributed by atoms with Crippen LogP contribution >= 0.6 is 28.6 Å². The van der Waals surface area contributed by atoms with E-state index in [2.05, 4.69) is 33.9 Å². The van der Waals surface area contributed by atoms with Crippen molar-refractivity contribution in [1.29, 1.82) is 0 Å². The van der Waals surface area contributed by atoms with Crippen LogP contribution in [-0.2, 0) is 11.3 Å². The summed E-state index contributed by atoms with van der Waals surface area (Å²) in [6.45, 7) is 5.88. The molecule has 0 atom stereocenters. The monoisotopic (exact) mass is 317 g/mol. The van der Waals surface area contributed by atoms with Crippen LogP contribution in [0.25, 0.3) is 0 Å². The predicted octanol–water partition coefficient (Wildman–Crippen LogP) is 3.76. The first-order valence-electron chi connectivity index (χ1n) is 5.23. The minimum Gasteiger partial charge on any atom is -0.444 e. The zero-order chi connectivity index (χ0) is 13.1. The number of rotatable bonds is 2. The third-order valence-corrected chi connectivity index (χ3v) is 3.39. The predicted molar refractivity (Wildman–Crippen MR) is 74.5 cm³/mol. The number of amides is 1. The number of ether oxygens (including phenoxy) is 1. The number of nitrogens with one attached hydrogen (secondary N) is 1. The molecule has 1 amide bonds. The second-order valence-electron chi connectivity index (χ2n) is 4.60. The Labute approximate surface area is 115 Å². The van der Waals surface area contributed by atoms with Gasteiger partial charge in [0, 0.05) is 15.9 Å². The van der Waals surface area contributed by atoms with Crippen molar-refractivity contribution in [3.05, 3.63) is 28.2 Å². The van der Waals surface area contributed by atoms with E-state index in [0.717, 1.165) is 14.9 Å². The van der Waals surface area contributed by atoms with E-state index in [4.69, 9.17) is 4.74 Å². The molecule has 0 heterocycles. The molecule has 3 nitrogen and oxygen atoms in total. The van der Waals surface area contributed by atoms with Crippen molar-refractivity contribution in [1.82, 2.24) is 5.32 Å². The van der Waals surface area contributed by atoms with Gasteiger partial charge >= 0.3 is 6.09 Å². The van der Waals surface area contributed by atoms with Crippen LogP contribution in [0.15, 0.2) is 27.6 Å².